The second-order valence-electron chi connectivity index (χ2n) is 7.36. The Hall–Kier alpha value is -1.85. The Bertz CT molecular complexity index is 1050. The molecule has 0 bridgehead atoms. The van der Waals surface area contributed by atoms with Crippen molar-refractivity contribution in [2.24, 2.45) is 0 Å². The molecule has 2 aromatic rings. The van der Waals surface area contributed by atoms with E-state index in [2.05, 4.69) is 27.9 Å². The van der Waals surface area contributed by atoms with Gasteiger partial charge in [0.15, 0.2) is 0 Å². The van der Waals surface area contributed by atoms with Gasteiger partial charge in [-0.05, 0) is 77.9 Å². The number of rotatable bonds is 10. The Kier molecular flexibility index (Phi) is 9.78. The third-order valence-corrected chi connectivity index (χ3v) is 6.85. The van der Waals surface area contributed by atoms with Crippen molar-refractivity contribution in [3.05, 3.63) is 62.7 Å². The van der Waals surface area contributed by atoms with Crippen molar-refractivity contribution in [1.82, 2.24) is 10.2 Å². The molecule has 0 saturated heterocycles. The van der Waals surface area contributed by atoms with E-state index in [-0.39, 0.29) is 12.5 Å². The first kappa shape index (κ1) is 26.4. The molecule has 1 atom stereocenters. The average molecular weight is 592 g/mol. The van der Waals surface area contributed by atoms with Crippen molar-refractivity contribution in [3.8, 4) is 0 Å². The molecule has 0 aliphatic rings. The summed E-state index contributed by atoms with van der Waals surface area (Å²) in [6, 6.07) is 13.0. The van der Waals surface area contributed by atoms with Gasteiger partial charge in [0.2, 0.25) is 21.8 Å². The molecule has 0 saturated carbocycles. The van der Waals surface area contributed by atoms with E-state index in [1.54, 1.807) is 55.5 Å². The lowest BCUT2D eigenvalue weighted by Crippen LogP contribution is -2.51. The number of carbonyl (C=O) groups excluding carboxylic acids is 2. The van der Waals surface area contributed by atoms with E-state index < -0.39 is 28.5 Å². The number of nitrogens with one attached hydrogen (secondary N) is 1. The maximum absolute atomic E-state index is 13.4. The van der Waals surface area contributed by atoms with Crippen LogP contribution in [0.1, 0.15) is 25.8 Å². The summed E-state index contributed by atoms with van der Waals surface area (Å²) in [5.41, 5.74) is 1.12. The summed E-state index contributed by atoms with van der Waals surface area (Å²) in [5.74, 6) is -0.796. The largest absolute Gasteiger partial charge is 0.354 e. The number of hydrogen-bond donors (Lipinski definition) is 1. The van der Waals surface area contributed by atoms with Gasteiger partial charge in [-0.3, -0.25) is 13.9 Å². The fourth-order valence-corrected chi connectivity index (χ4v) is 4.45. The molecule has 0 aromatic heterocycles. The van der Waals surface area contributed by atoms with E-state index in [1.165, 1.54) is 4.90 Å². The maximum atomic E-state index is 13.4. The number of sulfonamides is 1. The van der Waals surface area contributed by atoms with Gasteiger partial charge in [0, 0.05) is 21.7 Å². The van der Waals surface area contributed by atoms with Gasteiger partial charge in [0.25, 0.3) is 0 Å². The standard InChI is InChI=1S/C22H27ClIN3O4S/c1-4-12-25-22(29)16(2)26(14-17-6-5-7-18(23)13-17)21(28)15-27(32(3,30)31)20-10-8-19(24)9-11-20/h5-11,13,16H,4,12,14-15H2,1-3H3,(H,25,29)/t16-/m1/s1. The Morgan fingerprint density at radius 3 is 2.38 bits per heavy atom. The molecule has 0 aliphatic heterocycles. The summed E-state index contributed by atoms with van der Waals surface area (Å²) in [5, 5.41) is 3.30. The van der Waals surface area contributed by atoms with Crippen LogP contribution >= 0.6 is 34.2 Å². The van der Waals surface area contributed by atoms with Gasteiger partial charge < -0.3 is 10.2 Å². The van der Waals surface area contributed by atoms with Gasteiger partial charge in [-0.25, -0.2) is 8.42 Å². The number of nitrogens with zero attached hydrogens (tertiary/aromatic N) is 2. The minimum Gasteiger partial charge on any atom is -0.354 e. The molecule has 32 heavy (non-hydrogen) atoms. The second-order valence-corrected chi connectivity index (χ2v) is 11.0. The normalized spacial score (nSPS) is 12.2. The SMILES string of the molecule is CCCNC(=O)[C@@H](C)N(Cc1cccc(Cl)c1)C(=O)CN(c1ccc(I)cc1)S(C)(=O)=O. The highest BCUT2D eigenvalue weighted by atomic mass is 127. The van der Waals surface area contributed by atoms with Crippen molar-refractivity contribution in [1.29, 1.82) is 0 Å². The highest BCUT2D eigenvalue weighted by Gasteiger charge is 2.30. The number of amides is 2. The summed E-state index contributed by atoms with van der Waals surface area (Å²) in [6.07, 6.45) is 1.81. The number of benzene rings is 2. The molecule has 2 rings (SSSR count). The molecule has 0 spiro atoms. The van der Waals surface area contributed by atoms with Gasteiger partial charge in [-0.1, -0.05) is 30.7 Å². The fraction of sp³-hybridized carbons (Fsp3) is 0.364. The van der Waals surface area contributed by atoms with E-state index in [0.29, 0.717) is 17.3 Å². The van der Waals surface area contributed by atoms with Crippen LogP contribution in [-0.2, 0) is 26.2 Å². The first-order valence-corrected chi connectivity index (χ1v) is 13.4. The van der Waals surface area contributed by atoms with Crippen molar-refractivity contribution in [2.75, 3.05) is 23.7 Å². The molecule has 0 unspecified atom stereocenters. The van der Waals surface area contributed by atoms with Crippen molar-refractivity contribution in [3.63, 3.8) is 0 Å². The number of hydrogen-bond acceptors (Lipinski definition) is 4. The zero-order valence-electron chi connectivity index (χ0n) is 18.2. The fourth-order valence-electron chi connectivity index (χ4n) is 3.03. The molecule has 10 heteroatoms. The van der Waals surface area contributed by atoms with Crippen LogP contribution in [0.2, 0.25) is 5.02 Å². The van der Waals surface area contributed by atoms with E-state index in [0.717, 1.165) is 26.1 Å². The molecule has 0 fully saturated rings. The number of halogens is 2. The quantitative estimate of drug-likeness (QED) is 0.428. The molecule has 174 valence electrons. The van der Waals surface area contributed by atoms with E-state index in [1.807, 2.05) is 6.92 Å². The predicted octanol–water partition coefficient (Wildman–Crippen LogP) is 3.65. The van der Waals surface area contributed by atoms with Crippen molar-refractivity contribution in [2.45, 2.75) is 32.9 Å². The average Bonchev–Trinajstić information content (AvgIpc) is 2.73. The van der Waals surface area contributed by atoms with Crippen molar-refractivity contribution < 1.29 is 18.0 Å². The number of carbonyl (C=O) groups is 2. The van der Waals surface area contributed by atoms with E-state index in [4.69, 9.17) is 11.6 Å². The monoisotopic (exact) mass is 591 g/mol. The molecule has 0 aliphatic carbocycles. The van der Waals surface area contributed by atoms with Crippen molar-refractivity contribution >= 4 is 61.7 Å². The highest BCUT2D eigenvalue weighted by molar-refractivity contribution is 14.1. The number of anilines is 1. The van der Waals surface area contributed by atoms with Crippen LogP contribution in [0.25, 0.3) is 0 Å². The first-order chi connectivity index (χ1) is 15.0. The summed E-state index contributed by atoms with van der Waals surface area (Å²) in [7, 11) is -3.74. The van der Waals surface area contributed by atoms with Crippen LogP contribution in [0.4, 0.5) is 5.69 Å². The zero-order chi connectivity index (χ0) is 23.9. The predicted molar refractivity (Wildman–Crippen MR) is 136 cm³/mol. The zero-order valence-corrected chi connectivity index (χ0v) is 21.9. The highest BCUT2D eigenvalue weighted by Crippen LogP contribution is 2.21. The van der Waals surface area contributed by atoms with E-state index >= 15 is 0 Å². The Morgan fingerprint density at radius 2 is 1.81 bits per heavy atom. The topological polar surface area (TPSA) is 86.8 Å². The smallest absolute Gasteiger partial charge is 0.244 e. The van der Waals surface area contributed by atoms with Gasteiger partial charge in [-0.2, -0.15) is 0 Å². The maximum Gasteiger partial charge on any atom is 0.244 e. The molecule has 1 N–H and O–H groups in total. The molecule has 0 heterocycles. The Labute approximate surface area is 208 Å². The molecule has 0 radical (unpaired) electrons. The molecule has 2 amide bonds. The van der Waals surface area contributed by atoms with E-state index in [9.17, 15) is 18.0 Å². The minimum atomic E-state index is -3.74. The van der Waals surface area contributed by atoms with Crippen LogP contribution in [0.3, 0.4) is 0 Å². The molecule has 2 aromatic carbocycles. The van der Waals surface area contributed by atoms with Crippen LogP contribution < -0.4 is 9.62 Å². The first-order valence-electron chi connectivity index (χ1n) is 10.1. The van der Waals surface area contributed by atoms with Gasteiger partial charge >= 0.3 is 0 Å². The van der Waals surface area contributed by atoms with Gasteiger partial charge in [0.1, 0.15) is 12.6 Å². The molecular weight excluding hydrogens is 565 g/mol. The Balaban J connectivity index is 2.35. The summed E-state index contributed by atoms with van der Waals surface area (Å²) in [6.45, 7) is 3.74. The van der Waals surface area contributed by atoms with Crippen LogP contribution in [0, 0.1) is 3.57 Å². The summed E-state index contributed by atoms with van der Waals surface area (Å²) >= 11 is 8.20. The third kappa shape index (κ3) is 7.63. The Morgan fingerprint density at radius 1 is 1.16 bits per heavy atom. The molecular formula is C22H27ClIN3O4S. The van der Waals surface area contributed by atoms with Crippen LogP contribution in [0.15, 0.2) is 48.5 Å². The van der Waals surface area contributed by atoms with Crippen LogP contribution in [-0.4, -0.2) is 50.5 Å². The van der Waals surface area contributed by atoms with Gasteiger partial charge in [0.05, 0.1) is 11.9 Å². The summed E-state index contributed by atoms with van der Waals surface area (Å²) in [4.78, 5) is 27.4. The lowest BCUT2D eigenvalue weighted by molar-refractivity contribution is -0.139. The second kappa shape index (κ2) is 11.9. The van der Waals surface area contributed by atoms with Crippen LogP contribution in [0.5, 0.6) is 0 Å². The lowest BCUT2D eigenvalue weighted by atomic mass is 10.1. The lowest BCUT2D eigenvalue weighted by Gasteiger charge is -2.31. The van der Waals surface area contributed by atoms with Gasteiger partial charge in [-0.15, -0.1) is 0 Å². The minimum absolute atomic E-state index is 0.115. The third-order valence-electron chi connectivity index (χ3n) is 4.75. The molecule has 7 nitrogen and oxygen atoms in total. The summed E-state index contributed by atoms with van der Waals surface area (Å²) < 4.78 is 26.9.